The van der Waals surface area contributed by atoms with Crippen LogP contribution in [-0.2, 0) is 5.41 Å². The number of ether oxygens (including phenoxy) is 2. The molecule has 0 bridgehead atoms. The maximum atomic E-state index is 6.27. The zero-order chi connectivity index (χ0) is 21.5. The number of rotatable bonds is 4. The van der Waals surface area contributed by atoms with Gasteiger partial charge in [-0.15, -0.1) is 0 Å². The topological polar surface area (TPSA) is 21.7 Å². The number of fused-ring (bicyclic) bond motifs is 4. The Morgan fingerprint density at radius 2 is 1.44 bits per heavy atom. The first-order chi connectivity index (χ1) is 15.8. The molecule has 158 valence electrons. The van der Waals surface area contributed by atoms with Gasteiger partial charge < -0.3 is 14.4 Å². The number of hydrogen-bond acceptors (Lipinski definition) is 3. The van der Waals surface area contributed by atoms with Gasteiger partial charge in [-0.25, -0.2) is 0 Å². The Balaban J connectivity index is 1.52. The molecule has 0 saturated carbocycles. The van der Waals surface area contributed by atoms with Crippen molar-refractivity contribution in [3.63, 3.8) is 0 Å². The number of hydrogen-bond donors (Lipinski definition) is 0. The van der Waals surface area contributed by atoms with Gasteiger partial charge in [0.25, 0.3) is 0 Å². The summed E-state index contributed by atoms with van der Waals surface area (Å²) in [6.45, 7) is 1.50. The van der Waals surface area contributed by atoms with E-state index in [1.54, 1.807) is 7.11 Å². The number of para-hydroxylation sites is 1. The summed E-state index contributed by atoms with van der Waals surface area (Å²) in [5, 5.41) is 0. The van der Waals surface area contributed by atoms with E-state index >= 15 is 0 Å². The summed E-state index contributed by atoms with van der Waals surface area (Å²) >= 11 is 0. The molecule has 0 aliphatic carbocycles. The summed E-state index contributed by atoms with van der Waals surface area (Å²) in [6, 6.07) is 36.8. The monoisotopic (exact) mass is 419 g/mol. The summed E-state index contributed by atoms with van der Waals surface area (Å²) in [5.41, 5.74) is 6.24. The van der Waals surface area contributed by atoms with Crippen LogP contribution < -0.4 is 14.4 Å². The highest BCUT2D eigenvalue weighted by atomic mass is 16.5. The van der Waals surface area contributed by atoms with Gasteiger partial charge >= 0.3 is 0 Å². The molecule has 0 aromatic heterocycles. The van der Waals surface area contributed by atoms with Crippen LogP contribution in [0.3, 0.4) is 0 Å². The lowest BCUT2D eigenvalue weighted by Gasteiger charge is -2.33. The minimum atomic E-state index is -0.194. The maximum Gasteiger partial charge on any atom is 0.127 e. The average Bonchev–Trinajstić information content (AvgIpc) is 3.39. The maximum absolute atomic E-state index is 6.27. The normalized spacial score (nSPS) is 18.5. The molecule has 1 spiro atoms. The van der Waals surface area contributed by atoms with E-state index in [4.69, 9.17) is 9.47 Å². The zero-order valence-corrected chi connectivity index (χ0v) is 18.1. The van der Waals surface area contributed by atoms with Crippen LogP contribution in [0, 0.1) is 0 Å². The molecule has 3 nitrogen and oxygen atoms in total. The summed E-state index contributed by atoms with van der Waals surface area (Å²) < 4.78 is 11.7. The molecule has 1 unspecified atom stereocenters. The average molecular weight is 420 g/mol. The van der Waals surface area contributed by atoms with Crippen LogP contribution in [0.5, 0.6) is 11.5 Å². The molecule has 2 aliphatic heterocycles. The third-order valence-electron chi connectivity index (χ3n) is 6.89. The first-order valence-electron chi connectivity index (χ1n) is 11.1. The Bertz CT molecular complexity index is 1220. The molecule has 2 heterocycles. The van der Waals surface area contributed by atoms with Gasteiger partial charge in [0.05, 0.1) is 18.6 Å². The molecular weight excluding hydrogens is 394 g/mol. The number of nitrogens with zero attached hydrogens (tertiary/aromatic N) is 1. The molecule has 4 aromatic rings. The van der Waals surface area contributed by atoms with E-state index in [2.05, 4.69) is 95.9 Å². The Morgan fingerprint density at radius 1 is 0.781 bits per heavy atom. The second kappa shape index (κ2) is 7.45. The molecule has 6 rings (SSSR count). The molecule has 1 atom stereocenters. The van der Waals surface area contributed by atoms with Gasteiger partial charge in [0.15, 0.2) is 0 Å². The van der Waals surface area contributed by atoms with Crippen LogP contribution in [0.2, 0.25) is 0 Å². The Morgan fingerprint density at radius 3 is 2.12 bits per heavy atom. The van der Waals surface area contributed by atoms with Crippen LogP contribution in [0.1, 0.15) is 28.3 Å². The van der Waals surface area contributed by atoms with E-state index in [-0.39, 0.29) is 11.5 Å². The minimum absolute atomic E-state index is 0.125. The second-order valence-electron chi connectivity index (χ2n) is 8.60. The first-order valence-corrected chi connectivity index (χ1v) is 11.1. The molecule has 3 heteroatoms. The van der Waals surface area contributed by atoms with E-state index < -0.39 is 0 Å². The molecule has 4 aromatic carbocycles. The number of anilines is 1. The van der Waals surface area contributed by atoms with E-state index in [0.717, 1.165) is 18.0 Å². The fourth-order valence-corrected chi connectivity index (χ4v) is 5.42. The van der Waals surface area contributed by atoms with Crippen LogP contribution in [-0.4, -0.2) is 20.3 Å². The molecule has 32 heavy (non-hydrogen) atoms. The molecule has 0 N–H and O–H groups in total. The third kappa shape index (κ3) is 2.81. The molecule has 0 saturated heterocycles. The minimum Gasteiger partial charge on any atom is -0.497 e. The quantitative estimate of drug-likeness (QED) is 0.406. The molecular formula is C29H25NO2. The fourth-order valence-electron chi connectivity index (χ4n) is 5.42. The fraction of sp³-hybridized carbons (Fsp3) is 0.172. The van der Waals surface area contributed by atoms with Gasteiger partial charge in [0.2, 0.25) is 0 Å². The van der Waals surface area contributed by atoms with Crippen molar-refractivity contribution in [2.45, 2.75) is 11.5 Å². The lowest BCUT2D eigenvalue weighted by Crippen LogP contribution is -2.38. The predicted octanol–water partition coefficient (Wildman–Crippen LogP) is 5.98. The van der Waals surface area contributed by atoms with Gasteiger partial charge in [-0.2, -0.15) is 0 Å². The van der Waals surface area contributed by atoms with E-state index in [0.29, 0.717) is 6.61 Å². The summed E-state index contributed by atoms with van der Waals surface area (Å²) in [7, 11) is 1.70. The molecule has 2 aliphatic rings. The van der Waals surface area contributed by atoms with Crippen LogP contribution >= 0.6 is 0 Å². The van der Waals surface area contributed by atoms with Gasteiger partial charge in [-0.05, 0) is 28.8 Å². The van der Waals surface area contributed by atoms with Crippen molar-refractivity contribution in [1.29, 1.82) is 0 Å². The Hall–Kier alpha value is -3.72. The Labute approximate surface area is 188 Å². The highest BCUT2D eigenvalue weighted by Gasteiger charge is 2.51. The van der Waals surface area contributed by atoms with E-state index in [1.165, 1.54) is 27.9 Å². The first kappa shape index (κ1) is 19.0. The van der Waals surface area contributed by atoms with Crippen LogP contribution in [0.4, 0.5) is 5.69 Å². The smallest absolute Gasteiger partial charge is 0.127 e. The second-order valence-corrected chi connectivity index (χ2v) is 8.60. The van der Waals surface area contributed by atoms with Gasteiger partial charge in [-0.1, -0.05) is 84.9 Å². The third-order valence-corrected chi connectivity index (χ3v) is 6.89. The molecule has 0 fully saturated rings. The number of benzene rings is 4. The summed E-state index contributed by atoms with van der Waals surface area (Å²) in [6.07, 6.45) is 0. The number of methoxy groups -OCH3 is 1. The van der Waals surface area contributed by atoms with Gasteiger partial charge in [-0.3, -0.25) is 0 Å². The van der Waals surface area contributed by atoms with Crippen LogP contribution in [0.25, 0.3) is 0 Å². The lowest BCUT2D eigenvalue weighted by atomic mass is 9.78. The highest BCUT2D eigenvalue weighted by Crippen LogP contribution is 2.54. The molecule has 0 amide bonds. The van der Waals surface area contributed by atoms with Crippen molar-refractivity contribution in [2.24, 2.45) is 0 Å². The summed E-state index contributed by atoms with van der Waals surface area (Å²) in [4.78, 5) is 2.56. The highest BCUT2D eigenvalue weighted by molar-refractivity contribution is 5.71. The standard InChI is InChI=1S/C29H25NO2/c1-31-23-16-17-25-27(18-23)32-20-29(25)19-30(26-15-9-8-14-24(26)29)28(21-10-4-2-5-11-21)22-12-6-3-7-13-22/h2-18,28H,19-20H2,1H3. The van der Waals surface area contributed by atoms with Crippen molar-refractivity contribution in [3.05, 3.63) is 125 Å². The molecule has 0 radical (unpaired) electrons. The van der Waals surface area contributed by atoms with Crippen LogP contribution in [0.15, 0.2) is 103 Å². The van der Waals surface area contributed by atoms with Crippen molar-refractivity contribution < 1.29 is 9.47 Å². The van der Waals surface area contributed by atoms with Crippen molar-refractivity contribution in [1.82, 2.24) is 0 Å². The summed E-state index contributed by atoms with van der Waals surface area (Å²) in [5.74, 6) is 1.76. The van der Waals surface area contributed by atoms with Crippen molar-refractivity contribution in [3.8, 4) is 11.5 Å². The SMILES string of the molecule is COc1ccc2c(c1)OCC21CN(C(c2ccccc2)c2ccccc2)c2ccccc21. The largest absolute Gasteiger partial charge is 0.497 e. The van der Waals surface area contributed by atoms with Gasteiger partial charge in [0.1, 0.15) is 18.1 Å². The van der Waals surface area contributed by atoms with E-state index in [9.17, 15) is 0 Å². The zero-order valence-electron chi connectivity index (χ0n) is 18.1. The Kier molecular flexibility index (Phi) is 4.43. The van der Waals surface area contributed by atoms with Crippen molar-refractivity contribution in [2.75, 3.05) is 25.2 Å². The van der Waals surface area contributed by atoms with E-state index in [1.807, 2.05) is 12.1 Å². The van der Waals surface area contributed by atoms with Crippen molar-refractivity contribution >= 4 is 5.69 Å². The predicted molar refractivity (Wildman–Crippen MR) is 128 cm³/mol. The van der Waals surface area contributed by atoms with Gasteiger partial charge in [0, 0.05) is 23.9 Å². The lowest BCUT2D eigenvalue weighted by molar-refractivity contribution is 0.297.